The third kappa shape index (κ3) is 1.50. The van der Waals surface area contributed by atoms with Gasteiger partial charge in [-0.25, -0.2) is 0 Å². The van der Waals surface area contributed by atoms with Crippen molar-refractivity contribution in [1.82, 2.24) is 0 Å². The molecule has 74 valence electrons. The van der Waals surface area contributed by atoms with E-state index >= 15 is 0 Å². The van der Waals surface area contributed by atoms with E-state index in [9.17, 15) is 4.79 Å². The van der Waals surface area contributed by atoms with Crippen LogP contribution in [0.25, 0.3) is 11.0 Å². The van der Waals surface area contributed by atoms with Crippen molar-refractivity contribution in [3.05, 3.63) is 35.6 Å². The van der Waals surface area contributed by atoms with Crippen LogP contribution in [0.4, 0.5) is 0 Å². The SMILES string of the molecule is Cc1c(C(=O)CC#N)oc2ccccc12. The Morgan fingerprint density at radius 1 is 1.47 bits per heavy atom. The maximum absolute atomic E-state index is 11.5. The average molecular weight is 199 g/mol. The van der Waals surface area contributed by atoms with Crippen molar-refractivity contribution in [1.29, 1.82) is 5.26 Å². The molecule has 2 rings (SSSR count). The average Bonchev–Trinajstić information content (AvgIpc) is 2.57. The number of rotatable bonds is 2. The predicted molar refractivity (Wildman–Crippen MR) is 55.5 cm³/mol. The van der Waals surface area contributed by atoms with Gasteiger partial charge in [-0.1, -0.05) is 18.2 Å². The second kappa shape index (κ2) is 3.58. The first-order valence-electron chi connectivity index (χ1n) is 4.62. The summed E-state index contributed by atoms with van der Waals surface area (Å²) in [4.78, 5) is 11.5. The number of aryl methyl sites for hydroxylation is 1. The van der Waals surface area contributed by atoms with Crippen molar-refractivity contribution in [3.8, 4) is 6.07 Å². The molecule has 3 heteroatoms. The second-order valence-electron chi connectivity index (χ2n) is 3.31. The summed E-state index contributed by atoms with van der Waals surface area (Å²) in [6, 6.07) is 9.28. The van der Waals surface area contributed by atoms with Crippen molar-refractivity contribution in [2.75, 3.05) is 0 Å². The van der Waals surface area contributed by atoms with Gasteiger partial charge in [0, 0.05) is 10.9 Å². The number of carbonyl (C=O) groups is 1. The maximum Gasteiger partial charge on any atom is 0.212 e. The molecule has 0 spiro atoms. The number of hydrogen-bond acceptors (Lipinski definition) is 3. The Labute approximate surface area is 86.9 Å². The van der Waals surface area contributed by atoms with Crippen LogP contribution in [0.3, 0.4) is 0 Å². The minimum atomic E-state index is -0.258. The first-order valence-corrected chi connectivity index (χ1v) is 4.62. The van der Waals surface area contributed by atoms with Crippen LogP contribution in [-0.2, 0) is 0 Å². The molecule has 15 heavy (non-hydrogen) atoms. The summed E-state index contributed by atoms with van der Waals surface area (Å²) in [6.07, 6.45) is -0.138. The summed E-state index contributed by atoms with van der Waals surface area (Å²) in [5.41, 5.74) is 1.50. The molecule has 0 radical (unpaired) electrons. The number of nitriles is 1. The van der Waals surface area contributed by atoms with E-state index in [-0.39, 0.29) is 12.2 Å². The van der Waals surface area contributed by atoms with E-state index in [1.165, 1.54) is 0 Å². The molecule has 0 N–H and O–H groups in total. The molecule has 3 nitrogen and oxygen atoms in total. The van der Waals surface area contributed by atoms with E-state index < -0.39 is 0 Å². The van der Waals surface area contributed by atoms with E-state index in [1.54, 1.807) is 0 Å². The molecule has 0 atom stereocenters. The third-order valence-electron chi connectivity index (χ3n) is 2.34. The molecule has 0 bridgehead atoms. The van der Waals surface area contributed by atoms with Gasteiger partial charge in [0.1, 0.15) is 12.0 Å². The van der Waals surface area contributed by atoms with Gasteiger partial charge in [0.05, 0.1) is 6.07 Å². The molecule has 0 fully saturated rings. The standard InChI is InChI=1S/C12H9NO2/c1-8-9-4-2-3-5-11(9)15-12(8)10(14)6-7-13/h2-5H,6H2,1H3. The summed E-state index contributed by atoms with van der Waals surface area (Å²) in [6.45, 7) is 1.83. The van der Waals surface area contributed by atoms with E-state index in [0.29, 0.717) is 11.3 Å². The van der Waals surface area contributed by atoms with Crippen molar-refractivity contribution in [2.45, 2.75) is 13.3 Å². The Kier molecular flexibility index (Phi) is 2.26. The summed E-state index contributed by atoms with van der Waals surface area (Å²) in [5, 5.41) is 9.38. The number of furan rings is 1. The lowest BCUT2D eigenvalue weighted by atomic mass is 10.1. The highest BCUT2D eigenvalue weighted by molar-refractivity contribution is 6.01. The molecule has 0 unspecified atom stereocenters. The minimum absolute atomic E-state index is 0.138. The highest BCUT2D eigenvalue weighted by Crippen LogP contribution is 2.25. The van der Waals surface area contributed by atoms with Gasteiger partial charge in [-0.3, -0.25) is 4.79 Å². The first kappa shape index (κ1) is 9.47. The van der Waals surface area contributed by atoms with Crippen LogP contribution < -0.4 is 0 Å². The van der Waals surface area contributed by atoms with E-state index in [1.807, 2.05) is 37.3 Å². The smallest absolute Gasteiger partial charge is 0.212 e. The van der Waals surface area contributed by atoms with Gasteiger partial charge in [-0.2, -0.15) is 5.26 Å². The molecule has 1 heterocycles. The zero-order valence-electron chi connectivity index (χ0n) is 8.28. The number of carbonyl (C=O) groups excluding carboxylic acids is 1. The Bertz CT molecular complexity index is 560. The maximum atomic E-state index is 11.5. The Morgan fingerprint density at radius 2 is 2.20 bits per heavy atom. The first-order chi connectivity index (χ1) is 7.24. The monoisotopic (exact) mass is 199 g/mol. The number of nitrogens with zero attached hydrogens (tertiary/aromatic N) is 1. The fourth-order valence-corrected chi connectivity index (χ4v) is 1.59. The van der Waals surface area contributed by atoms with Crippen LogP contribution in [0.5, 0.6) is 0 Å². The van der Waals surface area contributed by atoms with Gasteiger partial charge < -0.3 is 4.42 Å². The van der Waals surface area contributed by atoms with E-state index in [4.69, 9.17) is 9.68 Å². The fraction of sp³-hybridized carbons (Fsp3) is 0.167. The van der Waals surface area contributed by atoms with Gasteiger partial charge in [-0.15, -0.1) is 0 Å². The zero-order chi connectivity index (χ0) is 10.8. The second-order valence-corrected chi connectivity index (χ2v) is 3.31. The molecule has 0 saturated heterocycles. The van der Waals surface area contributed by atoms with Crippen LogP contribution in [0, 0.1) is 18.3 Å². The zero-order valence-corrected chi connectivity index (χ0v) is 8.28. The van der Waals surface area contributed by atoms with Gasteiger partial charge >= 0.3 is 0 Å². The lowest BCUT2D eigenvalue weighted by Crippen LogP contribution is -1.96. The molecule has 0 saturated carbocycles. The largest absolute Gasteiger partial charge is 0.453 e. The van der Waals surface area contributed by atoms with E-state index in [0.717, 1.165) is 10.9 Å². The van der Waals surface area contributed by atoms with Gasteiger partial charge in [0.25, 0.3) is 0 Å². The highest BCUT2D eigenvalue weighted by Gasteiger charge is 2.16. The Balaban J connectivity index is 2.59. The molecule has 0 aliphatic rings. The lowest BCUT2D eigenvalue weighted by Gasteiger charge is -1.91. The molecular formula is C12H9NO2. The molecule has 0 aliphatic carbocycles. The fourth-order valence-electron chi connectivity index (χ4n) is 1.59. The van der Waals surface area contributed by atoms with Crippen LogP contribution >= 0.6 is 0 Å². The number of para-hydroxylation sites is 1. The molecule has 2 aromatic rings. The number of benzene rings is 1. The summed E-state index contributed by atoms with van der Waals surface area (Å²) >= 11 is 0. The van der Waals surface area contributed by atoms with E-state index in [2.05, 4.69) is 0 Å². The normalized spacial score (nSPS) is 10.1. The number of ketones is 1. The highest BCUT2D eigenvalue weighted by atomic mass is 16.3. The molecule has 0 amide bonds. The Hall–Kier alpha value is -2.08. The van der Waals surface area contributed by atoms with Crippen LogP contribution in [-0.4, -0.2) is 5.78 Å². The van der Waals surface area contributed by atoms with Crippen LogP contribution in [0.15, 0.2) is 28.7 Å². The number of Topliss-reactive ketones (excluding diaryl/α,β-unsaturated/α-hetero) is 1. The Morgan fingerprint density at radius 3 is 2.87 bits per heavy atom. The van der Waals surface area contributed by atoms with Crippen molar-refractivity contribution < 1.29 is 9.21 Å². The van der Waals surface area contributed by atoms with Crippen molar-refractivity contribution in [3.63, 3.8) is 0 Å². The topological polar surface area (TPSA) is 54.0 Å². The lowest BCUT2D eigenvalue weighted by molar-refractivity contribution is 0.0972. The van der Waals surface area contributed by atoms with Crippen LogP contribution in [0.1, 0.15) is 22.5 Å². The van der Waals surface area contributed by atoms with Gasteiger partial charge in [-0.05, 0) is 13.0 Å². The minimum Gasteiger partial charge on any atom is -0.453 e. The summed E-state index contributed by atoms with van der Waals surface area (Å²) in [5.74, 6) is 0.0453. The number of fused-ring (bicyclic) bond motifs is 1. The van der Waals surface area contributed by atoms with Gasteiger partial charge in [0.15, 0.2) is 5.76 Å². The molecule has 0 aliphatic heterocycles. The van der Waals surface area contributed by atoms with Gasteiger partial charge in [0.2, 0.25) is 5.78 Å². The number of hydrogen-bond donors (Lipinski definition) is 0. The molecule has 1 aromatic carbocycles. The predicted octanol–water partition coefficient (Wildman–Crippen LogP) is 2.84. The molecular weight excluding hydrogens is 190 g/mol. The summed E-state index contributed by atoms with van der Waals surface area (Å²) in [7, 11) is 0. The summed E-state index contributed by atoms with van der Waals surface area (Å²) < 4.78 is 5.41. The van der Waals surface area contributed by atoms with Crippen molar-refractivity contribution in [2.24, 2.45) is 0 Å². The van der Waals surface area contributed by atoms with Crippen molar-refractivity contribution >= 4 is 16.8 Å². The molecule has 1 aromatic heterocycles. The quantitative estimate of drug-likeness (QED) is 0.699. The third-order valence-corrected chi connectivity index (χ3v) is 2.34. The van der Waals surface area contributed by atoms with Crippen LogP contribution in [0.2, 0.25) is 0 Å².